The van der Waals surface area contributed by atoms with Crippen molar-refractivity contribution in [2.24, 2.45) is 0 Å². The second-order valence-electron chi connectivity index (χ2n) is 3.91. The lowest BCUT2D eigenvalue weighted by Crippen LogP contribution is -2.25. The zero-order valence-corrected chi connectivity index (χ0v) is 10.0. The molecule has 90 valence electrons. The molecule has 0 aliphatic rings. The van der Waals surface area contributed by atoms with E-state index >= 15 is 0 Å². The molecule has 0 unspecified atom stereocenters. The molecule has 1 N–H and O–H groups in total. The molecule has 1 aromatic heterocycles. The summed E-state index contributed by atoms with van der Waals surface area (Å²) in [6, 6.07) is 1.91. The molecular weight excluding hydrogens is 204 g/mol. The van der Waals surface area contributed by atoms with Gasteiger partial charge in [0.2, 0.25) is 5.91 Å². The summed E-state index contributed by atoms with van der Waals surface area (Å²) in [5.41, 5.74) is 0. The van der Waals surface area contributed by atoms with Gasteiger partial charge in [0.15, 0.2) is 0 Å². The van der Waals surface area contributed by atoms with Crippen molar-refractivity contribution in [1.29, 1.82) is 0 Å². The van der Waals surface area contributed by atoms with Crippen LogP contribution < -0.4 is 5.32 Å². The van der Waals surface area contributed by atoms with E-state index in [0.717, 1.165) is 26.1 Å². The van der Waals surface area contributed by atoms with Crippen molar-refractivity contribution in [1.82, 2.24) is 20.0 Å². The first-order valence-electron chi connectivity index (χ1n) is 5.58. The molecule has 16 heavy (non-hydrogen) atoms. The van der Waals surface area contributed by atoms with Crippen molar-refractivity contribution in [3.63, 3.8) is 0 Å². The van der Waals surface area contributed by atoms with Gasteiger partial charge in [-0.3, -0.25) is 9.48 Å². The van der Waals surface area contributed by atoms with Gasteiger partial charge in [-0.1, -0.05) is 0 Å². The number of carbonyl (C=O) groups excluding carboxylic acids is 1. The summed E-state index contributed by atoms with van der Waals surface area (Å²) in [7, 11) is 3.57. The predicted molar refractivity (Wildman–Crippen MR) is 63.0 cm³/mol. The van der Waals surface area contributed by atoms with Crippen LogP contribution in [0.25, 0.3) is 0 Å². The molecule has 5 nitrogen and oxygen atoms in total. The molecule has 1 rings (SSSR count). The fraction of sp³-hybridized carbons (Fsp3) is 0.636. The van der Waals surface area contributed by atoms with Gasteiger partial charge in [-0.15, -0.1) is 0 Å². The van der Waals surface area contributed by atoms with Crippen LogP contribution in [0.5, 0.6) is 0 Å². The number of rotatable bonds is 7. The largest absolute Gasteiger partial charge is 0.349 e. The van der Waals surface area contributed by atoms with E-state index in [4.69, 9.17) is 0 Å². The highest BCUT2D eigenvalue weighted by atomic mass is 16.2. The van der Waals surface area contributed by atoms with Crippen molar-refractivity contribution in [3.05, 3.63) is 18.5 Å². The minimum atomic E-state index is 0.189. The van der Waals surface area contributed by atoms with Crippen LogP contribution in [0.15, 0.2) is 18.5 Å². The lowest BCUT2D eigenvalue weighted by atomic mass is 10.3. The summed E-state index contributed by atoms with van der Waals surface area (Å²) in [6.45, 7) is 2.63. The van der Waals surface area contributed by atoms with Crippen LogP contribution in [-0.4, -0.2) is 47.8 Å². The first-order chi connectivity index (χ1) is 7.70. The zero-order valence-electron chi connectivity index (χ0n) is 10.0. The highest BCUT2D eigenvalue weighted by molar-refractivity contribution is 5.75. The Morgan fingerprint density at radius 2 is 2.25 bits per heavy atom. The molecule has 1 amide bonds. The maximum atomic E-state index is 11.2. The number of amides is 1. The molecular formula is C11H20N4O. The van der Waals surface area contributed by atoms with Crippen LogP contribution in [0.1, 0.15) is 12.8 Å². The van der Waals surface area contributed by atoms with Crippen LogP contribution in [0.3, 0.4) is 0 Å². The maximum absolute atomic E-state index is 11.2. The first kappa shape index (κ1) is 12.7. The average molecular weight is 224 g/mol. The molecule has 0 saturated heterocycles. The fourth-order valence-electron chi connectivity index (χ4n) is 1.34. The normalized spacial score (nSPS) is 10.4. The van der Waals surface area contributed by atoms with E-state index in [1.165, 1.54) is 0 Å². The maximum Gasteiger partial charge on any atom is 0.222 e. The second kappa shape index (κ2) is 7.00. The van der Waals surface area contributed by atoms with Gasteiger partial charge in [0.05, 0.1) is 6.54 Å². The smallest absolute Gasteiger partial charge is 0.222 e. The summed E-state index contributed by atoms with van der Waals surface area (Å²) in [4.78, 5) is 12.9. The van der Waals surface area contributed by atoms with E-state index in [-0.39, 0.29) is 5.91 Å². The minimum Gasteiger partial charge on any atom is -0.349 e. The van der Waals surface area contributed by atoms with Crippen LogP contribution in [-0.2, 0) is 11.3 Å². The Morgan fingerprint density at radius 1 is 1.44 bits per heavy atom. The van der Waals surface area contributed by atoms with E-state index < -0.39 is 0 Å². The summed E-state index contributed by atoms with van der Waals surface area (Å²) < 4.78 is 1.89. The second-order valence-corrected chi connectivity index (χ2v) is 3.91. The topological polar surface area (TPSA) is 50.2 Å². The lowest BCUT2D eigenvalue weighted by molar-refractivity contribution is -0.128. The van der Waals surface area contributed by atoms with Crippen molar-refractivity contribution in [2.75, 3.05) is 27.2 Å². The Labute approximate surface area is 96.4 Å². The SMILES string of the molecule is CN(C)C(=O)CCCNCCn1cccn1. The Bertz CT molecular complexity index is 295. The molecule has 0 spiro atoms. The van der Waals surface area contributed by atoms with Gasteiger partial charge in [-0.05, 0) is 19.0 Å². The molecule has 0 bridgehead atoms. The minimum absolute atomic E-state index is 0.189. The first-order valence-corrected chi connectivity index (χ1v) is 5.58. The third-order valence-electron chi connectivity index (χ3n) is 2.32. The zero-order chi connectivity index (χ0) is 11.8. The molecule has 0 atom stereocenters. The summed E-state index contributed by atoms with van der Waals surface area (Å²) in [5.74, 6) is 0.189. The standard InChI is InChI=1S/C11H20N4O/c1-14(2)11(16)5-3-6-12-8-10-15-9-4-7-13-15/h4,7,9,12H,3,5-6,8,10H2,1-2H3. The highest BCUT2D eigenvalue weighted by Crippen LogP contribution is 1.91. The highest BCUT2D eigenvalue weighted by Gasteiger charge is 2.02. The van der Waals surface area contributed by atoms with E-state index in [9.17, 15) is 4.79 Å². The molecule has 1 aromatic rings. The van der Waals surface area contributed by atoms with E-state index in [2.05, 4.69) is 10.4 Å². The van der Waals surface area contributed by atoms with Crippen LogP contribution >= 0.6 is 0 Å². The Hall–Kier alpha value is -1.36. The van der Waals surface area contributed by atoms with Gasteiger partial charge in [-0.25, -0.2) is 0 Å². The number of hydrogen-bond donors (Lipinski definition) is 1. The van der Waals surface area contributed by atoms with Gasteiger partial charge in [0.25, 0.3) is 0 Å². The monoisotopic (exact) mass is 224 g/mol. The van der Waals surface area contributed by atoms with Gasteiger partial charge >= 0.3 is 0 Å². The molecule has 5 heteroatoms. The van der Waals surface area contributed by atoms with Crippen molar-refractivity contribution >= 4 is 5.91 Å². The molecule has 0 saturated carbocycles. The number of aromatic nitrogens is 2. The van der Waals surface area contributed by atoms with E-state index in [0.29, 0.717) is 6.42 Å². The molecule has 0 fully saturated rings. The molecule has 0 aromatic carbocycles. The fourth-order valence-corrected chi connectivity index (χ4v) is 1.34. The predicted octanol–water partition coefficient (Wildman–Crippen LogP) is 0.341. The summed E-state index contributed by atoms with van der Waals surface area (Å²) in [5, 5.41) is 7.39. The Balaban J connectivity index is 1.94. The summed E-state index contributed by atoms with van der Waals surface area (Å²) >= 11 is 0. The van der Waals surface area contributed by atoms with Gasteiger partial charge in [-0.2, -0.15) is 5.10 Å². The molecule has 0 aliphatic carbocycles. The number of nitrogens with one attached hydrogen (secondary N) is 1. The van der Waals surface area contributed by atoms with Crippen LogP contribution in [0, 0.1) is 0 Å². The number of nitrogens with zero attached hydrogens (tertiary/aromatic N) is 3. The van der Waals surface area contributed by atoms with E-state index in [1.807, 2.05) is 16.9 Å². The van der Waals surface area contributed by atoms with Crippen molar-refractivity contribution in [2.45, 2.75) is 19.4 Å². The third kappa shape index (κ3) is 4.93. The molecule has 1 heterocycles. The average Bonchev–Trinajstić information content (AvgIpc) is 2.75. The summed E-state index contributed by atoms with van der Waals surface area (Å²) in [6.07, 6.45) is 5.21. The molecule has 0 radical (unpaired) electrons. The van der Waals surface area contributed by atoms with Crippen molar-refractivity contribution < 1.29 is 4.79 Å². The quantitative estimate of drug-likeness (QED) is 0.680. The Kier molecular flexibility index (Phi) is 5.56. The van der Waals surface area contributed by atoms with Crippen molar-refractivity contribution in [3.8, 4) is 0 Å². The van der Waals surface area contributed by atoms with Gasteiger partial charge < -0.3 is 10.2 Å². The molecule has 0 aliphatic heterocycles. The van der Waals surface area contributed by atoms with E-state index in [1.54, 1.807) is 25.2 Å². The Morgan fingerprint density at radius 3 is 2.88 bits per heavy atom. The lowest BCUT2D eigenvalue weighted by Gasteiger charge is -2.10. The van der Waals surface area contributed by atoms with Crippen LogP contribution in [0.4, 0.5) is 0 Å². The van der Waals surface area contributed by atoms with Gasteiger partial charge in [0, 0.05) is 39.5 Å². The van der Waals surface area contributed by atoms with Crippen LogP contribution in [0.2, 0.25) is 0 Å². The van der Waals surface area contributed by atoms with Gasteiger partial charge in [0.1, 0.15) is 0 Å². The number of hydrogen-bond acceptors (Lipinski definition) is 3. The number of carbonyl (C=O) groups is 1. The third-order valence-corrected chi connectivity index (χ3v) is 2.32.